The second-order valence-electron chi connectivity index (χ2n) is 1.13. The Hall–Kier alpha value is 0.0200. The summed E-state index contributed by atoms with van der Waals surface area (Å²) in [7, 11) is -0.661. The average molecular weight is 137 g/mol. The van der Waals surface area contributed by atoms with Gasteiger partial charge in [-0.15, -0.1) is 4.52 Å². The first-order chi connectivity index (χ1) is 3.91. The molecule has 0 saturated carbocycles. The molecule has 0 bridgehead atoms. The third kappa shape index (κ3) is 6.02. The van der Waals surface area contributed by atoms with E-state index in [2.05, 4.69) is 4.52 Å². The van der Waals surface area contributed by atoms with Crippen LogP contribution in [0.5, 0.6) is 0 Å². The Kier molecular flexibility index (Phi) is 7.04. The molecule has 0 spiro atoms. The molecular weight excluding hydrogens is 127 g/mol. The van der Waals surface area contributed by atoms with E-state index in [0.29, 0.717) is 19.8 Å². The molecule has 0 saturated heterocycles. The van der Waals surface area contributed by atoms with Gasteiger partial charge in [0, 0.05) is 6.61 Å². The molecule has 0 aromatic carbocycles. The van der Waals surface area contributed by atoms with Crippen molar-refractivity contribution in [2.24, 2.45) is 0 Å². The van der Waals surface area contributed by atoms with Crippen molar-refractivity contribution >= 4 is 8.69 Å². The lowest BCUT2D eigenvalue weighted by Gasteiger charge is -1.91. The minimum absolute atomic E-state index is 0.426. The Morgan fingerprint density at radius 3 is 2.75 bits per heavy atom. The lowest BCUT2D eigenvalue weighted by atomic mass is 10.8. The molecule has 0 aliphatic rings. The summed E-state index contributed by atoms with van der Waals surface area (Å²) in [5.74, 6) is 0. The van der Waals surface area contributed by atoms with E-state index in [-0.39, 0.29) is 0 Å². The maximum atomic E-state index is 9.64. The quantitative estimate of drug-likeness (QED) is 0.418. The molecule has 0 heterocycles. The van der Waals surface area contributed by atoms with Crippen molar-refractivity contribution in [3.8, 4) is 0 Å². The van der Waals surface area contributed by atoms with Crippen LogP contribution in [0.15, 0.2) is 0 Å². The van der Waals surface area contributed by atoms with Crippen LogP contribution >= 0.6 is 8.69 Å². The molecule has 0 fully saturated rings. The summed E-state index contributed by atoms with van der Waals surface area (Å²) >= 11 is 0. The maximum Gasteiger partial charge on any atom is 0.494 e. The second-order valence-corrected chi connectivity index (χ2v) is 1.58. The molecule has 0 amide bonds. The molecule has 1 atom stereocenters. The van der Waals surface area contributed by atoms with E-state index >= 15 is 0 Å². The number of hydrogen-bond acceptors (Lipinski definition) is 3. The summed E-state index contributed by atoms with van der Waals surface area (Å²) in [6, 6.07) is 0. The van der Waals surface area contributed by atoms with Gasteiger partial charge in [0.15, 0.2) is 0 Å². The van der Waals surface area contributed by atoms with E-state index in [0.717, 1.165) is 0 Å². The van der Waals surface area contributed by atoms with Crippen LogP contribution in [0.1, 0.15) is 6.92 Å². The van der Waals surface area contributed by atoms with Crippen molar-refractivity contribution in [2.75, 3.05) is 19.8 Å². The highest BCUT2D eigenvalue weighted by molar-refractivity contribution is 7.17. The van der Waals surface area contributed by atoms with Gasteiger partial charge in [-0.05, 0) is 11.5 Å². The fourth-order valence-corrected chi connectivity index (χ4v) is 0.453. The van der Waals surface area contributed by atoms with Gasteiger partial charge in [-0.1, -0.05) is 0 Å². The predicted molar refractivity (Wildman–Crippen MR) is 31.4 cm³/mol. The van der Waals surface area contributed by atoms with Crippen molar-refractivity contribution < 1.29 is 13.8 Å². The largest absolute Gasteiger partial charge is 0.494 e. The molecule has 0 N–H and O–H groups in total. The SMILES string of the molecule is CCOCCO[PH+]=O. The average Bonchev–Trinajstić information content (AvgIpc) is 1.81. The minimum atomic E-state index is -0.661. The van der Waals surface area contributed by atoms with E-state index in [4.69, 9.17) is 4.74 Å². The van der Waals surface area contributed by atoms with Gasteiger partial charge >= 0.3 is 8.69 Å². The normalized spacial score (nSPS) is 10.1. The fraction of sp³-hybridized carbons (Fsp3) is 1.00. The van der Waals surface area contributed by atoms with Crippen LogP contribution in [0.2, 0.25) is 0 Å². The Labute approximate surface area is 50.3 Å². The van der Waals surface area contributed by atoms with Crippen molar-refractivity contribution in [3.63, 3.8) is 0 Å². The number of hydrogen-bond donors (Lipinski definition) is 0. The zero-order chi connectivity index (χ0) is 6.24. The van der Waals surface area contributed by atoms with Crippen molar-refractivity contribution in [3.05, 3.63) is 0 Å². The predicted octanol–water partition coefficient (Wildman–Crippen LogP) is 0.978. The summed E-state index contributed by atoms with van der Waals surface area (Å²) in [4.78, 5) is 0. The molecule has 48 valence electrons. The van der Waals surface area contributed by atoms with Gasteiger partial charge < -0.3 is 4.74 Å². The van der Waals surface area contributed by atoms with Crippen LogP contribution in [0.25, 0.3) is 0 Å². The first-order valence-corrected chi connectivity index (χ1v) is 3.30. The first kappa shape index (κ1) is 8.02. The Morgan fingerprint density at radius 2 is 2.25 bits per heavy atom. The smallest absolute Gasteiger partial charge is 0.379 e. The molecule has 3 nitrogen and oxygen atoms in total. The summed E-state index contributed by atoms with van der Waals surface area (Å²) < 4.78 is 19.0. The Bertz CT molecular complexity index is 57.2. The molecule has 4 heteroatoms. The van der Waals surface area contributed by atoms with E-state index in [1.807, 2.05) is 6.92 Å². The highest BCUT2D eigenvalue weighted by Crippen LogP contribution is 1.91. The molecule has 0 rings (SSSR count). The standard InChI is InChI=1S/C4H10O3P/c1-2-6-3-4-7-8-5/h8H,2-4H2,1H3/q+1. The molecule has 0 aliphatic heterocycles. The van der Waals surface area contributed by atoms with Crippen LogP contribution in [0.4, 0.5) is 0 Å². The van der Waals surface area contributed by atoms with Crippen molar-refractivity contribution in [1.82, 2.24) is 0 Å². The van der Waals surface area contributed by atoms with E-state index in [1.54, 1.807) is 0 Å². The van der Waals surface area contributed by atoms with Crippen LogP contribution in [-0.2, 0) is 13.8 Å². The zero-order valence-corrected chi connectivity index (χ0v) is 5.85. The van der Waals surface area contributed by atoms with E-state index < -0.39 is 8.69 Å². The topological polar surface area (TPSA) is 35.5 Å². The summed E-state index contributed by atoms with van der Waals surface area (Å²) in [5.41, 5.74) is 0. The highest BCUT2D eigenvalue weighted by atomic mass is 31.1. The second kappa shape index (κ2) is 7.02. The van der Waals surface area contributed by atoms with E-state index in [9.17, 15) is 4.57 Å². The first-order valence-electron chi connectivity index (χ1n) is 2.48. The molecule has 8 heavy (non-hydrogen) atoms. The molecule has 0 aliphatic carbocycles. The Balaban J connectivity index is 2.62. The van der Waals surface area contributed by atoms with Crippen molar-refractivity contribution in [1.29, 1.82) is 0 Å². The molecule has 0 aromatic heterocycles. The van der Waals surface area contributed by atoms with Crippen LogP contribution in [0, 0.1) is 0 Å². The van der Waals surface area contributed by atoms with Gasteiger partial charge in [0.05, 0.1) is 6.61 Å². The van der Waals surface area contributed by atoms with Gasteiger partial charge in [-0.25, -0.2) is 0 Å². The molecule has 0 aromatic rings. The number of rotatable bonds is 5. The number of ether oxygens (including phenoxy) is 1. The summed E-state index contributed by atoms with van der Waals surface area (Å²) in [6.45, 7) is 3.55. The highest BCUT2D eigenvalue weighted by Gasteiger charge is 1.88. The third-order valence-electron chi connectivity index (χ3n) is 0.593. The van der Waals surface area contributed by atoms with Gasteiger partial charge in [-0.3, -0.25) is 0 Å². The van der Waals surface area contributed by atoms with Gasteiger partial charge in [0.2, 0.25) is 0 Å². The monoisotopic (exact) mass is 137 g/mol. The van der Waals surface area contributed by atoms with E-state index in [1.165, 1.54) is 0 Å². The zero-order valence-electron chi connectivity index (χ0n) is 4.85. The summed E-state index contributed by atoms with van der Waals surface area (Å²) in [5, 5.41) is 0. The third-order valence-corrected chi connectivity index (χ3v) is 0.915. The molecule has 0 radical (unpaired) electrons. The van der Waals surface area contributed by atoms with Gasteiger partial charge in [-0.2, -0.15) is 0 Å². The molecular formula is C4H10O3P+. The summed E-state index contributed by atoms with van der Waals surface area (Å²) in [6.07, 6.45) is 0. The lowest BCUT2D eigenvalue weighted by molar-refractivity contribution is 0.115. The van der Waals surface area contributed by atoms with Gasteiger partial charge in [0.25, 0.3) is 0 Å². The van der Waals surface area contributed by atoms with Crippen LogP contribution in [-0.4, -0.2) is 19.8 Å². The maximum absolute atomic E-state index is 9.64. The lowest BCUT2D eigenvalue weighted by Crippen LogP contribution is -1.98. The van der Waals surface area contributed by atoms with Crippen LogP contribution < -0.4 is 0 Å². The fourth-order valence-electron chi connectivity index (χ4n) is 0.287. The minimum Gasteiger partial charge on any atom is -0.379 e. The van der Waals surface area contributed by atoms with Crippen molar-refractivity contribution in [2.45, 2.75) is 6.92 Å². The van der Waals surface area contributed by atoms with Crippen LogP contribution in [0.3, 0.4) is 0 Å². The molecule has 1 unspecified atom stereocenters. The van der Waals surface area contributed by atoms with Gasteiger partial charge in [0.1, 0.15) is 6.61 Å². The Morgan fingerprint density at radius 1 is 1.50 bits per heavy atom.